The van der Waals surface area contributed by atoms with Crippen molar-refractivity contribution < 1.29 is 29.7 Å². The molecule has 1 aliphatic heterocycles. The van der Waals surface area contributed by atoms with E-state index in [0.29, 0.717) is 20.5 Å². The van der Waals surface area contributed by atoms with Gasteiger partial charge in [0, 0.05) is 17.1 Å². The summed E-state index contributed by atoms with van der Waals surface area (Å²) in [5.41, 5.74) is 3.52. The van der Waals surface area contributed by atoms with Crippen molar-refractivity contribution in [3.8, 4) is 11.4 Å². The van der Waals surface area contributed by atoms with Crippen LogP contribution in [0.25, 0.3) is 11.8 Å². The highest BCUT2D eigenvalue weighted by Gasteiger charge is 2.32. The van der Waals surface area contributed by atoms with E-state index >= 15 is 0 Å². The number of phenols is 1. The number of carboxylic acid groups (broad SMARTS) is 2. The van der Waals surface area contributed by atoms with E-state index in [-0.39, 0.29) is 29.3 Å². The molecule has 3 N–H and O–H groups in total. The van der Waals surface area contributed by atoms with Crippen molar-refractivity contribution in [1.29, 1.82) is 0 Å². The van der Waals surface area contributed by atoms with Crippen LogP contribution in [0, 0.1) is 13.8 Å². The second-order valence-corrected chi connectivity index (χ2v) is 9.62. The minimum atomic E-state index is -1.23. The number of rotatable bonds is 6. The van der Waals surface area contributed by atoms with Gasteiger partial charge in [-0.1, -0.05) is 36.1 Å². The SMILES string of the molecule is Cc1cc(/C=C2\SC(=S)N(Cc3cccc(C(=O)O)c3)C2=O)c(C)n1-c1ccc(O)c(C(=O)O)c1. The Bertz CT molecular complexity index is 1440. The molecule has 0 radical (unpaired) electrons. The zero-order valence-electron chi connectivity index (χ0n) is 18.7. The molecule has 0 saturated carbocycles. The number of aryl methyl sites for hydroxylation is 1. The number of aromatic nitrogens is 1. The molecule has 10 heteroatoms. The van der Waals surface area contributed by atoms with Gasteiger partial charge in [-0.25, -0.2) is 9.59 Å². The van der Waals surface area contributed by atoms with Crippen LogP contribution in [0.2, 0.25) is 0 Å². The van der Waals surface area contributed by atoms with E-state index in [9.17, 15) is 29.7 Å². The van der Waals surface area contributed by atoms with E-state index in [1.165, 1.54) is 40.9 Å². The Kier molecular flexibility index (Phi) is 6.51. The van der Waals surface area contributed by atoms with Crippen molar-refractivity contribution in [2.45, 2.75) is 20.4 Å². The lowest BCUT2D eigenvalue weighted by Gasteiger charge is -2.14. The molecule has 0 bridgehead atoms. The Morgan fingerprint density at radius 3 is 2.49 bits per heavy atom. The molecule has 1 amide bonds. The number of aromatic carboxylic acids is 2. The molecular weight excluding hydrogens is 488 g/mol. The number of thiocarbonyl (C=S) groups is 1. The molecular formula is C25H20N2O6S2. The van der Waals surface area contributed by atoms with Gasteiger partial charge in [0.05, 0.1) is 17.0 Å². The number of aromatic hydroxyl groups is 1. The number of thioether (sulfide) groups is 1. The third-order valence-electron chi connectivity index (χ3n) is 5.61. The van der Waals surface area contributed by atoms with Gasteiger partial charge >= 0.3 is 11.9 Å². The lowest BCUT2D eigenvalue weighted by Crippen LogP contribution is -2.27. The summed E-state index contributed by atoms with van der Waals surface area (Å²) in [5, 5.41) is 28.4. The number of carbonyl (C=O) groups is 3. The van der Waals surface area contributed by atoms with Gasteiger partial charge in [0.25, 0.3) is 5.91 Å². The van der Waals surface area contributed by atoms with Gasteiger partial charge < -0.3 is 19.9 Å². The largest absolute Gasteiger partial charge is 0.507 e. The average molecular weight is 509 g/mol. The summed E-state index contributed by atoms with van der Waals surface area (Å²) < 4.78 is 2.22. The highest BCUT2D eigenvalue weighted by atomic mass is 32.2. The van der Waals surface area contributed by atoms with E-state index in [1.807, 2.05) is 24.5 Å². The van der Waals surface area contributed by atoms with Crippen LogP contribution in [-0.4, -0.2) is 47.0 Å². The van der Waals surface area contributed by atoms with Gasteiger partial charge in [-0.2, -0.15) is 0 Å². The van der Waals surface area contributed by atoms with Crippen molar-refractivity contribution in [3.63, 3.8) is 0 Å². The van der Waals surface area contributed by atoms with E-state index in [1.54, 1.807) is 24.3 Å². The third-order valence-corrected chi connectivity index (χ3v) is 6.99. The predicted octanol–water partition coefficient (Wildman–Crippen LogP) is 4.60. The first-order chi connectivity index (χ1) is 16.6. The first-order valence-electron chi connectivity index (χ1n) is 10.4. The van der Waals surface area contributed by atoms with Crippen LogP contribution in [0.1, 0.15) is 43.2 Å². The Balaban J connectivity index is 1.64. The van der Waals surface area contributed by atoms with Crippen LogP contribution in [0.4, 0.5) is 0 Å². The smallest absolute Gasteiger partial charge is 0.339 e. The lowest BCUT2D eigenvalue weighted by molar-refractivity contribution is -0.122. The second-order valence-electron chi connectivity index (χ2n) is 7.94. The summed E-state index contributed by atoms with van der Waals surface area (Å²) in [6.45, 7) is 3.87. The normalized spacial score (nSPS) is 14.7. The maximum absolute atomic E-state index is 13.1. The number of carbonyl (C=O) groups excluding carboxylic acids is 1. The van der Waals surface area contributed by atoms with E-state index in [0.717, 1.165) is 17.0 Å². The quantitative estimate of drug-likeness (QED) is 0.327. The molecule has 2 heterocycles. The maximum atomic E-state index is 13.1. The Labute approximate surface area is 210 Å². The molecule has 1 aromatic heterocycles. The molecule has 35 heavy (non-hydrogen) atoms. The van der Waals surface area contributed by atoms with Crippen molar-refractivity contribution in [3.05, 3.63) is 87.1 Å². The van der Waals surface area contributed by atoms with Crippen LogP contribution in [-0.2, 0) is 11.3 Å². The van der Waals surface area contributed by atoms with Crippen LogP contribution >= 0.6 is 24.0 Å². The summed E-state index contributed by atoms with van der Waals surface area (Å²) in [6.07, 6.45) is 1.74. The molecule has 2 aromatic carbocycles. The van der Waals surface area contributed by atoms with Gasteiger partial charge in [-0.3, -0.25) is 9.69 Å². The van der Waals surface area contributed by atoms with Gasteiger partial charge in [0.1, 0.15) is 15.6 Å². The van der Waals surface area contributed by atoms with Gasteiger partial charge in [0.2, 0.25) is 0 Å². The molecule has 1 fully saturated rings. The number of nitrogens with zero attached hydrogens (tertiary/aromatic N) is 2. The molecule has 0 atom stereocenters. The maximum Gasteiger partial charge on any atom is 0.339 e. The Morgan fingerprint density at radius 2 is 1.80 bits per heavy atom. The van der Waals surface area contributed by atoms with Gasteiger partial charge in [-0.15, -0.1) is 0 Å². The van der Waals surface area contributed by atoms with E-state index in [4.69, 9.17) is 12.2 Å². The van der Waals surface area contributed by atoms with Crippen molar-refractivity contribution in [2.75, 3.05) is 0 Å². The van der Waals surface area contributed by atoms with Crippen LogP contribution in [0.3, 0.4) is 0 Å². The topological polar surface area (TPSA) is 120 Å². The van der Waals surface area contributed by atoms with Crippen LogP contribution in [0.15, 0.2) is 53.4 Å². The van der Waals surface area contributed by atoms with Crippen molar-refractivity contribution in [1.82, 2.24) is 9.47 Å². The highest BCUT2D eigenvalue weighted by Crippen LogP contribution is 2.35. The van der Waals surface area contributed by atoms with Gasteiger partial charge in [-0.05, 0) is 67.4 Å². The summed E-state index contributed by atoms with van der Waals surface area (Å²) in [5.74, 6) is -2.87. The van der Waals surface area contributed by atoms with Crippen molar-refractivity contribution in [2.24, 2.45) is 0 Å². The first-order valence-corrected chi connectivity index (χ1v) is 11.6. The standard InChI is InChI=1S/C25H20N2O6S2/c1-13-8-17(14(2)27(13)18-6-7-20(28)19(11-18)24(32)33)10-21-22(29)26(25(34)35-21)12-15-4-3-5-16(9-15)23(30)31/h3-11,28H,12H2,1-2H3,(H,30,31)(H,32,33)/b21-10-. The fourth-order valence-corrected chi connectivity index (χ4v) is 5.17. The summed E-state index contributed by atoms with van der Waals surface area (Å²) in [4.78, 5) is 37.6. The highest BCUT2D eigenvalue weighted by molar-refractivity contribution is 8.26. The summed E-state index contributed by atoms with van der Waals surface area (Å²) in [6, 6.07) is 12.6. The zero-order chi connectivity index (χ0) is 25.4. The molecule has 0 spiro atoms. The number of benzene rings is 2. The zero-order valence-corrected chi connectivity index (χ0v) is 20.3. The van der Waals surface area contributed by atoms with E-state index in [2.05, 4.69) is 0 Å². The minimum absolute atomic E-state index is 0.135. The fraction of sp³-hybridized carbons (Fsp3) is 0.120. The molecule has 1 aliphatic rings. The molecule has 3 aromatic rings. The Hall–Kier alpha value is -3.89. The molecule has 8 nitrogen and oxygen atoms in total. The summed E-state index contributed by atoms with van der Waals surface area (Å²) >= 11 is 6.58. The van der Waals surface area contributed by atoms with Crippen LogP contribution < -0.4 is 0 Å². The molecule has 4 rings (SSSR count). The monoisotopic (exact) mass is 508 g/mol. The number of hydrogen-bond donors (Lipinski definition) is 3. The van der Waals surface area contributed by atoms with Crippen molar-refractivity contribution >= 4 is 52.2 Å². The lowest BCUT2D eigenvalue weighted by atomic mass is 10.1. The first kappa shape index (κ1) is 24.2. The average Bonchev–Trinajstić information content (AvgIpc) is 3.23. The second kappa shape index (κ2) is 9.40. The van der Waals surface area contributed by atoms with Crippen LogP contribution in [0.5, 0.6) is 5.75 Å². The minimum Gasteiger partial charge on any atom is -0.507 e. The number of hydrogen-bond acceptors (Lipinski definition) is 6. The summed E-state index contributed by atoms with van der Waals surface area (Å²) in [7, 11) is 0. The molecule has 178 valence electrons. The van der Waals surface area contributed by atoms with Gasteiger partial charge in [0.15, 0.2) is 0 Å². The third kappa shape index (κ3) is 4.71. The predicted molar refractivity (Wildman–Crippen MR) is 136 cm³/mol. The number of carboxylic acids is 2. The van der Waals surface area contributed by atoms with E-state index < -0.39 is 11.9 Å². The Morgan fingerprint density at radius 1 is 1.06 bits per heavy atom. The fourth-order valence-electron chi connectivity index (χ4n) is 3.93. The molecule has 1 saturated heterocycles. The molecule has 0 aliphatic carbocycles. The number of amides is 1. The molecule has 0 unspecified atom stereocenters.